The summed E-state index contributed by atoms with van der Waals surface area (Å²) in [5, 5.41) is 12.1. The van der Waals surface area contributed by atoms with Crippen molar-refractivity contribution in [1.29, 1.82) is 0 Å². The molecule has 0 heterocycles. The highest BCUT2D eigenvalue weighted by molar-refractivity contribution is 5.79. The van der Waals surface area contributed by atoms with Crippen LogP contribution in [0, 0.1) is 23.7 Å². The van der Waals surface area contributed by atoms with Gasteiger partial charge in [0.15, 0.2) is 0 Å². The van der Waals surface area contributed by atoms with Gasteiger partial charge < -0.3 is 10.4 Å². The normalized spacial score (nSPS) is 35.6. The predicted molar refractivity (Wildman–Crippen MR) is 68.0 cm³/mol. The van der Waals surface area contributed by atoms with Crippen molar-refractivity contribution in [2.24, 2.45) is 23.7 Å². The van der Waals surface area contributed by atoms with Gasteiger partial charge in [-0.15, -0.1) is 0 Å². The lowest BCUT2D eigenvalue weighted by Crippen LogP contribution is -2.37. The van der Waals surface area contributed by atoms with E-state index in [0.29, 0.717) is 12.5 Å². The Labute approximate surface area is 108 Å². The van der Waals surface area contributed by atoms with Gasteiger partial charge in [0.05, 0.1) is 5.92 Å². The van der Waals surface area contributed by atoms with Crippen LogP contribution < -0.4 is 5.32 Å². The van der Waals surface area contributed by atoms with Crippen LogP contribution in [0.2, 0.25) is 0 Å². The van der Waals surface area contributed by atoms with Crippen molar-refractivity contribution in [2.45, 2.75) is 45.4 Å². The van der Waals surface area contributed by atoms with Crippen LogP contribution in [0.5, 0.6) is 0 Å². The molecule has 1 amide bonds. The summed E-state index contributed by atoms with van der Waals surface area (Å²) in [6.45, 7) is 2.67. The number of carbonyl (C=O) groups excluding carboxylic acids is 1. The van der Waals surface area contributed by atoms with E-state index in [-0.39, 0.29) is 23.7 Å². The zero-order valence-corrected chi connectivity index (χ0v) is 11.0. The largest absolute Gasteiger partial charge is 0.481 e. The van der Waals surface area contributed by atoms with Crippen LogP contribution in [-0.4, -0.2) is 23.5 Å². The molecule has 4 unspecified atom stereocenters. The Hall–Kier alpha value is -1.06. The first-order valence-corrected chi connectivity index (χ1v) is 7.10. The molecule has 0 aromatic heterocycles. The Morgan fingerprint density at radius 1 is 1.11 bits per heavy atom. The minimum atomic E-state index is -0.707. The van der Waals surface area contributed by atoms with Crippen LogP contribution in [0.15, 0.2) is 0 Å². The smallest absolute Gasteiger partial charge is 0.306 e. The van der Waals surface area contributed by atoms with E-state index < -0.39 is 5.97 Å². The van der Waals surface area contributed by atoms with E-state index >= 15 is 0 Å². The minimum Gasteiger partial charge on any atom is -0.481 e. The summed E-state index contributed by atoms with van der Waals surface area (Å²) in [7, 11) is 0. The van der Waals surface area contributed by atoms with E-state index in [0.717, 1.165) is 38.5 Å². The maximum Gasteiger partial charge on any atom is 0.306 e. The van der Waals surface area contributed by atoms with Gasteiger partial charge in [-0.2, -0.15) is 0 Å². The summed E-state index contributed by atoms with van der Waals surface area (Å²) in [6, 6.07) is 0. The van der Waals surface area contributed by atoms with E-state index in [1.165, 1.54) is 0 Å². The number of aliphatic carboxylic acids is 1. The third kappa shape index (κ3) is 2.85. The van der Waals surface area contributed by atoms with E-state index in [1.807, 2.05) is 0 Å². The van der Waals surface area contributed by atoms with Crippen LogP contribution in [0.1, 0.15) is 45.4 Å². The number of nitrogens with one attached hydrogen (secondary N) is 1. The van der Waals surface area contributed by atoms with Gasteiger partial charge in [-0.1, -0.05) is 19.8 Å². The van der Waals surface area contributed by atoms with Crippen molar-refractivity contribution in [3.63, 3.8) is 0 Å². The van der Waals surface area contributed by atoms with Crippen molar-refractivity contribution < 1.29 is 14.7 Å². The van der Waals surface area contributed by atoms with Gasteiger partial charge in [0.1, 0.15) is 0 Å². The van der Waals surface area contributed by atoms with Crippen molar-refractivity contribution in [1.82, 2.24) is 5.32 Å². The molecule has 0 aromatic rings. The standard InChI is InChI=1S/C14H23NO3/c1-9-4-2-6-11(9)13(16)15-8-10-5-3-7-12(10)14(17)18/h9-12H,2-8H2,1H3,(H,15,16)(H,17,18). The van der Waals surface area contributed by atoms with Gasteiger partial charge >= 0.3 is 5.97 Å². The van der Waals surface area contributed by atoms with E-state index in [4.69, 9.17) is 5.11 Å². The fourth-order valence-electron chi connectivity index (χ4n) is 3.50. The first-order chi connectivity index (χ1) is 8.59. The van der Waals surface area contributed by atoms with Crippen molar-refractivity contribution >= 4 is 11.9 Å². The number of carbonyl (C=O) groups is 2. The lowest BCUT2D eigenvalue weighted by atomic mass is 9.94. The van der Waals surface area contributed by atoms with E-state index in [1.54, 1.807) is 0 Å². The third-order valence-corrected chi connectivity index (χ3v) is 4.71. The molecule has 18 heavy (non-hydrogen) atoms. The summed E-state index contributed by atoms with van der Waals surface area (Å²) in [6.07, 6.45) is 5.92. The third-order valence-electron chi connectivity index (χ3n) is 4.71. The zero-order valence-electron chi connectivity index (χ0n) is 11.0. The Bertz CT molecular complexity index is 329. The lowest BCUT2D eigenvalue weighted by molar-refractivity contribution is -0.143. The summed E-state index contributed by atoms with van der Waals surface area (Å²) in [4.78, 5) is 23.1. The fourth-order valence-corrected chi connectivity index (χ4v) is 3.50. The molecule has 2 aliphatic rings. The molecule has 0 spiro atoms. The number of hydrogen-bond donors (Lipinski definition) is 2. The molecule has 0 radical (unpaired) electrons. The monoisotopic (exact) mass is 253 g/mol. The van der Waals surface area contributed by atoms with Crippen LogP contribution >= 0.6 is 0 Å². The highest BCUT2D eigenvalue weighted by Gasteiger charge is 2.34. The molecule has 0 saturated heterocycles. The van der Waals surface area contributed by atoms with Crippen molar-refractivity contribution in [3.05, 3.63) is 0 Å². The molecule has 2 N–H and O–H groups in total. The van der Waals surface area contributed by atoms with Crippen LogP contribution in [0.4, 0.5) is 0 Å². The number of hydrogen-bond acceptors (Lipinski definition) is 2. The molecule has 2 rings (SSSR count). The van der Waals surface area contributed by atoms with Gasteiger partial charge in [0, 0.05) is 12.5 Å². The van der Waals surface area contributed by atoms with Crippen molar-refractivity contribution in [2.75, 3.05) is 6.54 Å². The number of rotatable bonds is 4. The molecule has 2 fully saturated rings. The fraction of sp³-hybridized carbons (Fsp3) is 0.857. The van der Waals surface area contributed by atoms with Gasteiger partial charge in [-0.05, 0) is 37.5 Å². The van der Waals surface area contributed by atoms with E-state index in [9.17, 15) is 9.59 Å². The molecule has 0 aromatic carbocycles. The Balaban J connectivity index is 1.80. The molecule has 0 bridgehead atoms. The highest BCUT2D eigenvalue weighted by atomic mass is 16.4. The molecule has 102 valence electrons. The Morgan fingerprint density at radius 2 is 1.78 bits per heavy atom. The molecule has 2 aliphatic carbocycles. The first-order valence-electron chi connectivity index (χ1n) is 7.10. The van der Waals surface area contributed by atoms with Gasteiger partial charge in [0.25, 0.3) is 0 Å². The quantitative estimate of drug-likeness (QED) is 0.805. The average molecular weight is 253 g/mol. The molecular formula is C14H23NO3. The first kappa shape index (κ1) is 13.4. The molecule has 4 nitrogen and oxygen atoms in total. The SMILES string of the molecule is CC1CCCC1C(=O)NCC1CCCC1C(=O)O. The number of carboxylic acid groups (broad SMARTS) is 1. The highest BCUT2D eigenvalue weighted by Crippen LogP contribution is 2.33. The second-order valence-electron chi connectivity index (χ2n) is 5.90. The number of amides is 1. The summed E-state index contributed by atoms with van der Waals surface area (Å²) >= 11 is 0. The summed E-state index contributed by atoms with van der Waals surface area (Å²) in [5.74, 6) is -0.0787. The van der Waals surface area contributed by atoms with Gasteiger partial charge in [-0.3, -0.25) is 9.59 Å². The zero-order chi connectivity index (χ0) is 13.1. The predicted octanol–water partition coefficient (Wildman–Crippen LogP) is 2.04. The topological polar surface area (TPSA) is 66.4 Å². The summed E-state index contributed by atoms with van der Waals surface area (Å²) < 4.78 is 0. The second-order valence-corrected chi connectivity index (χ2v) is 5.90. The number of carboxylic acids is 1. The van der Waals surface area contributed by atoms with Crippen LogP contribution in [0.25, 0.3) is 0 Å². The lowest BCUT2D eigenvalue weighted by Gasteiger charge is -2.19. The Kier molecular flexibility index (Phi) is 4.25. The van der Waals surface area contributed by atoms with Gasteiger partial charge in [0.2, 0.25) is 5.91 Å². The maximum atomic E-state index is 12.0. The van der Waals surface area contributed by atoms with Crippen LogP contribution in [-0.2, 0) is 9.59 Å². The van der Waals surface area contributed by atoms with Crippen LogP contribution in [0.3, 0.4) is 0 Å². The van der Waals surface area contributed by atoms with E-state index in [2.05, 4.69) is 12.2 Å². The molecule has 0 aliphatic heterocycles. The Morgan fingerprint density at radius 3 is 2.39 bits per heavy atom. The molecular weight excluding hydrogens is 230 g/mol. The molecule has 2 saturated carbocycles. The summed E-state index contributed by atoms with van der Waals surface area (Å²) in [5.41, 5.74) is 0. The second kappa shape index (κ2) is 5.72. The van der Waals surface area contributed by atoms with Crippen molar-refractivity contribution in [3.8, 4) is 0 Å². The average Bonchev–Trinajstić information content (AvgIpc) is 2.94. The minimum absolute atomic E-state index is 0.128. The maximum absolute atomic E-state index is 12.0. The molecule has 4 atom stereocenters. The molecule has 4 heteroatoms. The van der Waals surface area contributed by atoms with Gasteiger partial charge in [-0.25, -0.2) is 0 Å².